The molecule has 0 saturated carbocycles. The Bertz CT molecular complexity index is 1190. The van der Waals surface area contributed by atoms with Crippen LogP contribution in [0.1, 0.15) is 22.3 Å². The molecule has 3 rings (SSSR count). The fraction of sp³-hybridized carbons (Fsp3) is 0.167. The molecule has 0 atom stereocenters. The Balaban J connectivity index is 1.95. The van der Waals surface area contributed by atoms with Crippen LogP contribution in [0, 0.1) is 6.92 Å². The molecule has 2 aromatic carbocycles. The average molecular weight is 419 g/mol. The molecule has 28 heavy (non-hydrogen) atoms. The molecule has 0 unspecified atom stereocenters. The Hall–Kier alpha value is -2.98. The third-order valence-electron chi connectivity index (χ3n) is 3.63. The predicted molar refractivity (Wildman–Crippen MR) is 112 cm³/mol. The lowest BCUT2D eigenvalue weighted by atomic mass is 10.1. The number of aryl methyl sites for hydroxylation is 1. The van der Waals surface area contributed by atoms with E-state index in [1.807, 2.05) is 6.92 Å². The van der Waals surface area contributed by atoms with Gasteiger partial charge in [-0.3, -0.25) is 14.3 Å². The van der Waals surface area contributed by atoms with Crippen molar-refractivity contribution in [1.29, 1.82) is 0 Å². The number of nitrogens with zero attached hydrogens (tertiary/aromatic N) is 1. The molecule has 3 aromatic rings. The van der Waals surface area contributed by atoms with Crippen molar-refractivity contribution in [2.45, 2.75) is 13.8 Å². The molecule has 0 aliphatic rings. The molecule has 0 aliphatic carbocycles. The van der Waals surface area contributed by atoms with Gasteiger partial charge >= 0.3 is 0 Å². The number of amides is 2. The predicted octanol–water partition coefficient (Wildman–Crippen LogP) is 3.19. The highest BCUT2D eigenvalue weighted by Crippen LogP contribution is 2.27. The van der Waals surface area contributed by atoms with Gasteiger partial charge in [-0.25, -0.2) is 13.4 Å². The summed E-state index contributed by atoms with van der Waals surface area (Å²) in [5, 5.41) is 6.25. The van der Waals surface area contributed by atoms with Crippen molar-refractivity contribution in [2.75, 3.05) is 21.6 Å². The van der Waals surface area contributed by atoms with Gasteiger partial charge in [0.15, 0.2) is 0 Å². The second-order valence-corrected chi connectivity index (χ2v) is 9.17. The number of thiazole rings is 1. The Morgan fingerprint density at radius 2 is 1.71 bits per heavy atom. The minimum Gasteiger partial charge on any atom is -0.326 e. The number of carbonyl (C=O) groups is 2. The molecule has 1 heterocycles. The summed E-state index contributed by atoms with van der Waals surface area (Å²) in [6.07, 6.45) is 0.996. The maximum atomic E-state index is 12.8. The summed E-state index contributed by atoms with van der Waals surface area (Å²) in [7, 11) is -3.59. The summed E-state index contributed by atoms with van der Waals surface area (Å²) >= 11 is 1.51. The van der Waals surface area contributed by atoms with Crippen LogP contribution in [-0.2, 0) is 14.8 Å². The zero-order valence-electron chi connectivity index (χ0n) is 15.4. The van der Waals surface area contributed by atoms with Gasteiger partial charge in [0.2, 0.25) is 15.9 Å². The van der Waals surface area contributed by atoms with Crippen LogP contribution in [0.15, 0.2) is 36.4 Å². The average Bonchev–Trinajstić information content (AvgIpc) is 2.93. The first-order chi connectivity index (χ1) is 13.1. The van der Waals surface area contributed by atoms with E-state index in [0.29, 0.717) is 11.4 Å². The first-order valence-corrected chi connectivity index (χ1v) is 10.9. The van der Waals surface area contributed by atoms with E-state index in [2.05, 4.69) is 20.3 Å². The molecule has 0 spiro atoms. The second kappa shape index (κ2) is 7.56. The van der Waals surface area contributed by atoms with Crippen molar-refractivity contribution >= 4 is 60.5 Å². The fourth-order valence-corrected chi connectivity index (χ4v) is 4.06. The van der Waals surface area contributed by atoms with Crippen LogP contribution < -0.4 is 15.4 Å². The standard InChI is InChI=1S/C18H18N4O4S2/c1-10(23)19-12-4-6-15(22-28(3,25)26)14(8-12)18(24)21-13-5-7-16-17(9-13)27-11(2)20-16/h4-9,22H,1-3H3,(H,19,23)(H,21,24). The summed E-state index contributed by atoms with van der Waals surface area (Å²) in [6.45, 7) is 3.24. The summed E-state index contributed by atoms with van der Waals surface area (Å²) in [5.74, 6) is -0.819. The summed E-state index contributed by atoms with van der Waals surface area (Å²) in [4.78, 5) is 28.5. The molecule has 0 fully saturated rings. The third-order valence-corrected chi connectivity index (χ3v) is 5.16. The number of hydrogen-bond acceptors (Lipinski definition) is 6. The summed E-state index contributed by atoms with van der Waals surface area (Å²) in [5.41, 5.74) is 1.97. The van der Waals surface area contributed by atoms with Crippen molar-refractivity contribution in [3.63, 3.8) is 0 Å². The number of carbonyl (C=O) groups excluding carboxylic acids is 2. The number of rotatable bonds is 5. The zero-order valence-corrected chi connectivity index (χ0v) is 17.0. The second-order valence-electron chi connectivity index (χ2n) is 6.19. The Kier molecular flexibility index (Phi) is 5.34. The van der Waals surface area contributed by atoms with Crippen molar-refractivity contribution in [2.24, 2.45) is 0 Å². The number of anilines is 3. The van der Waals surface area contributed by atoms with Gasteiger partial charge in [-0.2, -0.15) is 0 Å². The lowest BCUT2D eigenvalue weighted by Crippen LogP contribution is -2.18. The molecule has 10 heteroatoms. The smallest absolute Gasteiger partial charge is 0.257 e. The molecule has 0 bridgehead atoms. The first-order valence-electron chi connectivity index (χ1n) is 8.19. The molecule has 0 radical (unpaired) electrons. The molecule has 0 aliphatic heterocycles. The largest absolute Gasteiger partial charge is 0.326 e. The molecular formula is C18H18N4O4S2. The molecule has 2 amide bonds. The highest BCUT2D eigenvalue weighted by molar-refractivity contribution is 7.92. The van der Waals surface area contributed by atoms with Crippen molar-refractivity contribution in [3.8, 4) is 0 Å². The van der Waals surface area contributed by atoms with Crippen LogP contribution in [0.25, 0.3) is 10.2 Å². The van der Waals surface area contributed by atoms with Gasteiger partial charge in [0, 0.05) is 18.3 Å². The molecule has 1 aromatic heterocycles. The van der Waals surface area contributed by atoms with Crippen molar-refractivity contribution < 1.29 is 18.0 Å². The highest BCUT2D eigenvalue weighted by atomic mass is 32.2. The lowest BCUT2D eigenvalue weighted by Gasteiger charge is -2.13. The van der Waals surface area contributed by atoms with E-state index >= 15 is 0 Å². The zero-order chi connectivity index (χ0) is 20.5. The number of aromatic nitrogens is 1. The van der Waals surface area contributed by atoms with Gasteiger partial charge in [-0.05, 0) is 43.3 Å². The van der Waals surface area contributed by atoms with E-state index in [4.69, 9.17) is 0 Å². The summed E-state index contributed by atoms with van der Waals surface area (Å²) in [6, 6.07) is 9.69. The van der Waals surface area contributed by atoms with E-state index in [1.165, 1.54) is 36.5 Å². The maximum absolute atomic E-state index is 12.8. The quantitative estimate of drug-likeness (QED) is 0.588. The topological polar surface area (TPSA) is 117 Å². The van der Waals surface area contributed by atoms with Gasteiger partial charge in [0.25, 0.3) is 5.91 Å². The number of nitrogens with one attached hydrogen (secondary N) is 3. The number of fused-ring (bicyclic) bond motifs is 1. The number of sulfonamides is 1. The van der Waals surface area contributed by atoms with E-state index < -0.39 is 15.9 Å². The number of hydrogen-bond donors (Lipinski definition) is 3. The van der Waals surface area contributed by atoms with Gasteiger partial charge in [0.05, 0.1) is 32.7 Å². The van der Waals surface area contributed by atoms with Crippen LogP contribution >= 0.6 is 11.3 Å². The molecule has 8 nitrogen and oxygen atoms in total. The fourth-order valence-electron chi connectivity index (χ4n) is 2.62. The van der Waals surface area contributed by atoms with Gasteiger partial charge in [-0.1, -0.05) is 0 Å². The number of benzene rings is 2. The van der Waals surface area contributed by atoms with Crippen molar-refractivity contribution in [3.05, 3.63) is 47.0 Å². The first kappa shape index (κ1) is 19.8. The van der Waals surface area contributed by atoms with E-state index in [-0.39, 0.29) is 17.2 Å². The third kappa shape index (κ3) is 4.84. The Morgan fingerprint density at radius 1 is 1.04 bits per heavy atom. The monoisotopic (exact) mass is 418 g/mol. The molecule has 0 saturated heterocycles. The van der Waals surface area contributed by atoms with Gasteiger partial charge < -0.3 is 10.6 Å². The van der Waals surface area contributed by atoms with Crippen LogP contribution in [-0.4, -0.2) is 31.5 Å². The van der Waals surface area contributed by atoms with Crippen LogP contribution in [0.4, 0.5) is 17.1 Å². The Labute approximate surface area is 166 Å². The van der Waals surface area contributed by atoms with Crippen LogP contribution in [0.5, 0.6) is 0 Å². The van der Waals surface area contributed by atoms with Crippen LogP contribution in [0.3, 0.4) is 0 Å². The Morgan fingerprint density at radius 3 is 2.39 bits per heavy atom. The minimum atomic E-state index is -3.59. The maximum Gasteiger partial charge on any atom is 0.257 e. The van der Waals surface area contributed by atoms with Crippen LogP contribution in [0.2, 0.25) is 0 Å². The molecular weight excluding hydrogens is 400 g/mol. The normalized spacial score (nSPS) is 11.2. The lowest BCUT2D eigenvalue weighted by molar-refractivity contribution is -0.114. The minimum absolute atomic E-state index is 0.0808. The van der Waals surface area contributed by atoms with E-state index in [0.717, 1.165) is 21.5 Å². The highest BCUT2D eigenvalue weighted by Gasteiger charge is 2.16. The van der Waals surface area contributed by atoms with Gasteiger partial charge in [0.1, 0.15) is 0 Å². The van der Waals surface area contributed by atoms with E-state index in [1.54, 1.807) is 18.2 Å². The molecule has 146 valence electrons. The van der Waals surface area contributed by atoms with E-state index in [9.17, 15) is 18.0 Å². The molecule has 3 N–H and O–H groups in total. The van der Waals surface area contributed by atoms with Gasteiger partial charge in [-0.15, -0.1) is 11.3 Å². The SMILES string of the molecule is CC(=O)Nc1ccc(NS(C)(=O)=O)c(C(=O)Nc2ccc3nc(C)sc3c2)c1. The summed E-state index contributed by atoms with van der Waals surface area (Å²) < 4.78 is 26.5. The van der Waals surface area contributed by atoms with Crippen molar-refractivity contribution in [1.82, 2.24) is 4.98 Å².